The van der Waals surface area contributed by atoms with E-state index in [4.69, 9.17) is 11.6 Å². The second-order valence-corrected chi connectivity index (χ2v) is 13.5. The van der Waals surface area contributed by atoms with Gasteiger partial charge in [-0.1, -0.05) is 68.8 Å². The highest BCUT2D eigenvalue weighted by Gasteiger charge is 2.40. The molecule has 2 atom stereocenters. The maximum Gasteiger partial charge on any atom is 0.254 e. The van der Waals surface area contributed by atoms with E-state index in [-0.39, 0.29) is 17.2 Å². The van der Waals surface area contributed by atoms with Crippen molar-refractivity contribution in [3.05, 3.63) is 99.6 Å². The zero-order valence-corrected chi connectivity index (χ0v) is 25.9. The molecular weight excluding hydrogens is 532 g/mol. The number of amides is 2. The summed E-state index contributed by atoms with van der Waals surface area (Å²) in [6.07, 6.45) is 2.81. The van der Waals surface area contributed by atoms with Crippen LogP contribution in [0.3, 0.4) is 0 Å². The fourth-order valence-electron chi connectivity index (χ4n) is 5.56. The van der Waals surface area contributed by atoms with Crippen molar-refractivity contribution in [3.8, 4) is 0 Å². The molecule has 1 saturated heterocycles. The van der Waals surface area contributed by atoms with Crippen LogP contribution in [0.1, 0.15) is 92.5 Å². The van der Waals surface area contributed by atoms with Crippen LogP contribution in [0, 0.1) is 12.8 Å². The van der Waals surface area contributed by atoms with Gasteiger partial charge in [0.25, 0.3) is 5.91 Å². The minimum absolute atomic E-state index is 0.0409. The van der Waals surface area contributed by atoms with Crippen molar-refractivity contribution in [2.24, 2.45) is 5.92 Å². The molecule has 5 nitrogen and oxygen atoms in total. The van der Waals surface area contributed by atoms with Gasteiger partial charge in [-0.3, -0.25) is 9.59 Å². The molecule has 6 heteroatoms. The quantitative estimate of drug-likeness (QED) is 0.301. The number of carbonyl (C=O) groups is 2. The number of hydrogen-bond acceptors (Lipinski definition) is 3. The Kier molecular flexibility index (Phi) is 9.30. The number of aliphatic hydroxyl groups is 1. The van der Waals surface area contributed by atoms with E-state index in [1.54, 1.807) is 18.2 Å². The fraction of sp³-hybridized carbons (Fsp3) is 0.429. The number of nitrogens with zero attached hydrogens (tertiary/aromatic N) is 1. The van der Waals surface area contributed by atoms with Gasteiger partial charge in [0, 0.05) is 22.8 Å². The molecule has 0 radical (unpaired) electrons. The van der Waals surface area contributed by atoms with Crippen LogP contribution in [0.4, 0.5) is 5.69 Å². The maximum absolute atomic E-state index is 14.0. The third kappa shape index (κ3) is 7.78. The number of anilines is 1. The predicted molar refractivity (Wildman–Crippen MR) is 168 cm³/mol. The van der Waals surface area contributed by atoms with Gasteiger partial charge in [0.05, 0.1) is 17.6 Å². The van der Waals surface area contributed by atoms with Crippen molar-refractivity contribution >= 4 is 29.1 Å². The first-order valence-electron chi connectivity index (χ1n) is 14.5. The SMILES string of the molecule is Cc1cc(Cl)ccc1C(=O)N1CCCC(C(=O)Nc2cccc(C(C)(C)C)c2)[C@@H]1c1ccc(CCC(C)(C)O)cc1. The molecule has 4 rings (SSSR count). The average Bonchev–Trinajstić information content (AvgIpc) is 2.91. The highest BCUT2D eigenvalue weighted by Crippen LogP contribution is 2.39. The summed E-state index contributed by atoms with van der Waals surface area (Å²) < 4.78 is 0. The van der Waals surface area contributed by atoms with Crippen LogP contribution in [0.15, 0.2) is 66.7 Å². The third-order valence-corrected chi connectivity index (χ3v) is 8.23. The van der Waals surface area contributed by atoms with E-state index in [0.29, 0.717) is 30.0 Å². The molecule has 3 aromatic rings. The lowest BCUT2D eigenvalue weighted by molar-refractivity contribution is -0.123. The number of rotatable bonds is 7. The van der Waals surface area contributed by atoms with Gasteiger partial charge >= 0.3 is 0 Å². The molecule has 1 fully saturated rings. The van der Waals surface area contributed by atoms with Crippen LogP contribution in [-0.2, 0) is 16.6 Å². The molecule has 1 aliphatic heterocycles. The number of piperidine rings is 1. The molecule has 2 amide bonds. The molecule has 3 aromatic carbocycles. The van der Waals surface area contributed by atoms with E-state index in [1.165, 1.54) is 0 Å². The molecule has 0 saturated carbocycles. The first kappa shape index (κ1) is 30.8. The van der Waals surface area contributed by atoms with E-state index >= 15 is 0 Å². The predicted octanol–water partition coefficient (Wildman–Crippen LogP) is 7.88. The Morgan fingerprint density at radius 2 is 1.71 bits per heavy atom. The molecule has 0 spiro atoms. The van der Waals surface area contributed by atoms with Gasteiger partial charge in [0.2, 0.25) is 5.91 Å². The maximum atomic E-state index is 14.0. The number of carbonyl (C=O) groups excluding carboxylic acids is 2. The van der Waals surface area contributed by atoms with Gasteiger partial charge in [-0.05, 0) is 104 Å². The normalized spacial score (nSPS) is 17.8. The Balaban J connectivity index is 1.68. The van der Waals surface area contributed by atoms with Gasteiger partial charge in [-0.2, -0.15) is 0 Å². The summed E-state index contributed by atoms with van der Waals surface area (Å²) in [5.41, 5.74) is 4.58. The first-order valence-corrected chi connectivity index (χ1v) is 14.9. The molecule has 1 heterocycles. The number of nitrogens with one attached hydrogen (secondary N) is 1. The van der Waals surface area contributed by atoms with E-state index in [2.05, 4.69) is 32.2 Å². The van der Waals surface area contributed by atoms with Crippen molar-refractivity contribution in [2.45, 2.75) is 84.3 Å². The van der Waals surface area contributed by atoms with Crippen LogP contribution in [-0.4, -0.2) is 34.0 Å². The van der Waals surface area contributed by atoms with Gasteiger partial charge in [-0.15, -0.1) is 0 Å². The number of likely N-dealkylation sites (tertiary alicyclic amines) is 1. The Labute approximate surface area is 249 Å². The Morgan fingerprint density at radius 3 is 2.34 bits per heavy atom. The standard InChI is InChI=1S/C35H43ClN2O3/c1-23-21-27(36)16-17-29(23)33(40)38-20-8-11-30(32(39)37-28-10-7-9-26(22-28)34(2,3)4)31(38)25-14-12-24(13-15-25)18-19-35(5,6)41/h7,9-10,12-17,21-22,30-31,41H,8,11,18-20H2,1-6H3,(H,37,39)/t30?,31-/m0/s1. The second kappa shape index (κ2) is 12.4. The lowest BCUT2D eigenvalue weighted by Crippen LogP contribution is -2.46. The molecule has 0 bridgehead atoms. The highest BCUT2D eigenvalue weighted by molar-refractivity contribution is 6.30. The highest BCUT2D eigenvalue weighted by atomic mass is 35.5. The monoisotopic (exact) mass is 574 g/mol. The molecule has 218 valence electrons. The molecule has 2 N–H and O–H groups in total. The lowest BCUT2D eigenvalue weighted by atomic mass is 9.82. The van der Waals surface area contributed by atoms with Crippen molar-refractivity contribution in [3.63, 3.8) is 0 Å². The van der Waals surface area contributed by atoms with E-state index < -0.39 is 17.6 Å². The van der Waals surface area contributed by atoms with Crippen LogP contribution in [0.5, 0.6) is 0 Å². The van der Waals surface area contributed by atoms with E-state index in [9.17, 15) is 14.7 Å². The summed E-state index contributed by atoms with van der Waals surface area (Å²) in [6.45, 7) is 12.5. The van der Waals surface area contributed by atoms with Gasteiger partial charge in [-0.25, -0.2) is 0 Å². The second-order valence-electron chi connectivity index (χ2n) is 13.0. The van der Waals surface area contributed by atoms with Gasteiger partial charge in [0.15, 0.2) is 0 Å². The zero-order valence-electron chi connectivity index (χ0n) is 25.1. The smallest absolute Gasteiger partial charge is 0.254 e. The summed E-state index contributed by atoms with van der Waals surface area (Å²) >= 11 is 6.19. The number of aryl methyl sites for hydroxylation is 2. The van der Waals surface area contributed by atoms with Crippen LogP contribution < -0.4 is 5.32 Å². The summed E-state index contributed by atoms with van der Waals surface area (Å²) in [5, 5.41) is 13.9. The molecule has 41 heavy (non-hydrogen) atoms. The molecular formula is C35H43ClN2O3. The first-order chi connectivity index (χ1) is 19.2. The summed E-state index contributed by atoms with van der Waals surface area (Å²) in [6, 6.07) is 21.1. The van der Waals surface area contributed by atoms with Gasteiger partial charge in [0.1, 0.15) is 0 Å². The minimum Gasteiger partial charge on any atom is -0.390 e. The van der Waals surface area contributed by atoms with Gasteiger partial charge < -0.3 is 15.3 Å². The minimum atomic E-state index is -0.741. The fourth-order valence-corrected chi connectivity index (χ4v) is 5.79. The van der Waals surface area contributed by atoms with Crippen LogP contribution in [0.2, 0.25) is 5.02 Å². The van der Waals surface area contributed by atoms with Crippen LogP contribution in [0.25, 0.3) is 0 Å². The summed E-state index contributed by atoms with van der Waals surface area (Å²) in [4.78, 5) is 29.8. The van der Waals surface area contributed by atoms with E-state index in [0.717, 1.165) is 40.8 Å². The Bertz CT molecular complexity index is 1390. The number of benzene rings is 3. The van der Waals surface area contributed by atoms with Crippen LogP contribution >= 0.6 is 11.6 Å². The number of halogens is 1. The molecule has 0 aromatic heterocycles. The van der Waals surface area contributed by atoms with Crippen molar-refractivity contribution in [1.82, 2.24) is 4.90 Å². The Morgan fingerprint density at radius 1 is 1.00 bits per heavy atom. The van der Waals surface area contributed by atoms with Crippen molar-refractivity contribution < 1.29 is 14.7 Å². The van der Waals surface area contributed by atoms with Crippen molar-refractivity contribution in [2.75, 3.05) is 11.9 Å². The molecule has 0 aliphatic carbocycles. The third-order valence-electron chi connectivity index (χ3n) is 7.99. The molecule has 1 unspecified atom stereocenters. The largest absolute Gasteiger partial charge is 0.390 e. The summed E-state index contributed by atoms with van der Waals surface area (Å²) in [7, 11) is 0. The number of hydrogen-bond donors (Lipinski definition) is 2. The average molecular weight is 575 g/mol. The van der Waals surface area contributed by atoms with Crippen molar-refractivity contribution in [1.29, 1.82) is 0 Å². The van der Waals surface area contributed by atoms with E-state index in [1.807, 2.05) is 68.1 Å². The molecule has 1 aliphatic rings. The zero-order chi connectivity index (χ0) is 29.9. The Hall–Kier alpha value is -3.15. The topological polar surface area (TPSA) is 69.6 Å². The summed E-state index contributed by atoms with van der Waals surface area (Å²) in [5.74, 6) is -0.596. The lowest BCUT2D eigenvalue weighted by Gasteiger charge is -2.41.